The molecule has 1 amide bonds. The van der Waals surface area contributed by atoms with Gasteiger partial charge < -0.3 is 14.4 Å². The van der Waals surface area contributed by atoms with Gasteiger partial charge in [-0.15, -0.1) is 0 Å². The summed E-state index contributed by atoms with van der Waals surface area (Å²) in [4.78, 5) is 29.7. The van der Waals surface area contributed by atoms with Crippen LogP contribution in [0.2, 0.25) is 0 Å². The van der Waals surface area contributed by atoms with Crippen LogP contribution in [-0.4, -0.2) is 40.0 Å². The second-order valence-electron chi connectivity index (χ2n) is 5.92. The van der Waals surface area contributed by atoms with Crippen LogP contribution in [0.25, 0.3) is 11.5 Å². The van der Waals surface area contributed by atoms with Crippen molar-refractivity contribution in [1.82, 2.24) is 9.88 Å². The van der Waals surface area contributed by atoms with Crippen LogP contribution >= 0.6 is 0 Å². The number of oxazole rings is 1. The number of benzene rings is 1. The first-order valence-corrected chi connectivity index (χ1v) is 7.52. The second kappa shape index (κ2) is 5.87. The first-order chi connectivity index (χ1) is 11.0. The molecular formula is C17H18N2O4. The van der Waals surface area contributed by atoms with Crippen molar-refractivity contribution >= 4 is 11.9 Å². The second-order valence-corrected chi connectivity index (χ2v) is 5.92. The number of carbonyl (C=O) groups excluding carboxylic acids is 1. The number of hydrogen-bond donors (Lipinski definition) is 1. The Labute approximate surface area is 133 Å². The third-order valence-electron chi connectivity index (χ3n) is 4.24. The van der Waals surface area contributed by atoms with E-state index >= 15 is 0 Å². The van der Waals surface area contributed by atoms with Gasteiger partial charge in [0.15, 0.2) is 5.69 Å². The number of rotatable bonds is 3. The zero-order chi connectivity index (χ0) is 16.6. The van der Waals surface area contributed by atoms with E-state index < -0.39 is 11.9 Å². The van der Waals surface area contributed by atoms with Crippen LogP contribution in [0.4, 0.5) is 0 Å². The van der Waals surface area contributed by atoms with E-state index in [1.54, 1.807) is 11.8 Å². The fraction of sp³-hybridized carbons (Fsp3) is 0.353. The van der Waals surface area contributed by atoms with Gasteiger partial charge in [0.05, 0.1) is 5.92 Å². The van der Waals surface area contributed by atoms with E-state index in [0.29, 0.717) is 18.2 Å². The number of aryl methyl sites for hydroxylation is 1. The zero-order valence-electron chi connectivity index (χ0n) is 13.0. The minimum Gasteiger partial charge on any atom is -0.481 e. The highest BCUT2D eigenvalue weighted by molar-refractivity contribution is 5.94. The highest BCUT2D eigenvalue weighted by Gasteiger charge is 2.38. The number of carboxylic acids is 1. The average Bonchev–Trinajstić information content (AvgIpc) is 3.11. The summed E-state index contributed by atoms with van der Waals surface area (Å²) in [6.45, 7) is 4.17. The van der Waals surface area contributed by atoms with Crippen LogP contribution in [0.1, 0.15) is 23.2 Å². The molecule has 2 atom stereocenters. The van der Waals surface area contributed by atoms with Gasteiger partial charge in [-0.25, -0.2) is 4.98 Å². The SMILES string of the molecule is Cc1oc(-c2ccccc2)nc1C(=O)N1C[C@@H](C)[C@H](C(=O)O)C1. The standard InChI is InChI=1S/C17H18N2O4/c1-10-8-19(9-13(10)17(21)22)16(20)14-11(2)23-15(18-14)12-6-4-3-5-7-12/h3-7,10,13H,8-9H2,1-2H3,(H,21,22)/t10-,13-/m1/s1. The Morgan fingerprint density at radius 3 is 2.57 bits per heavy atom. The Balaban J connectivity index is 1.84. The molecule has 0 unspecified atom stereocenters. The molecule has 2 heterocycles. The third-order valence-corrected chi connectivity index (χ3v) is 4.24. The van der Waals surface area contributed by atoms with Gasteiger partial charge in [-0.1, -0.05) is 25.1 Å². The Morgan fingerprint density at radius 2 is 1.96 bits per heavy atom. The Hall–Kier alpha value is -2.63. The molecule has 6 heteroatoms. The van der Waals surface area contributed by atoms with E-state index in [9.17, 15) is 14.7 Å². The molecule has 6 nitrogen and oxygen atoms in total. The van der Waals surface area contributed by atoms with E-state index in [-0.39, 0.29) is 24.1 Å². The van der Waals surface area contributed by atoms with Gasteiger partial charge in [0.25, 0.3) is 5.91 Å². The van der Waals surface area contributed by atoms with Crippen molar-refractivity contribution in [2.24, 2.45) is 11.8 Å². The first kappa shape index (κ1) is 15.3. The molecule has 0 bridgehead atoms. The van der Waals surface area contributed by atoms with Gasteiger partial charge in [-0.05, 0) is 25.0 Å². The van der Waals surface area contributed by atoms with Crippen LogP contribution in [0.15, 0.2) is 34.7 Å². The molecule has 23 heavy (non-hydrogen) atoms. The monoisotopic (exact) mass is 314 g/mol. The molecule has 1 aromatic heterocycles. The molecular weight excluding hydrogens is 296 g/mol. The molecule has 1 aliphatic heterocycles. The Kier molecular flexibility index (Phi) is 3.90. The fourth-order valence-electron chi connectivity index (χ4n) is 2.90. The summed E-state index contributed by atoms with van der Waals surface area (Å²) in [5, 5.41) is 9.19. The molecule has 0 spiro atoms. The fourth-order valence-corrected chi connectivity index (χ4v) is 2.90. The maximum atomic E-state index is 12.6. The summed E-state index contributed by atoms with van der Waals surface area (Å²) in [6.07, 6.45) is 0. The summed E-state index contributed by atoms with van der Waals surface area (Å²) in [6, 6.07) is 9.35. The van der Waals surface area contributed by atoms with Crippen molar-refractivity contribution in [3.05, 3.63) is 41.8 Å². The zero-order valence-corrected chi connectivity index (χ0v) is 13.0. The molecule has 0 radical (unpaired) electrons. The van der Waals surface area contributed by atoms with Crippen LogP contribution < -0.4 is 0 Å². The van der Waals surface area contributed by atoms with Crippen molar-refractivity contribution in [3.8, 4) is 11.5 Å². The highest BCUT2D eigenvalue weighted by atomic mass is 16.4. The predicted octanol–water partition coefficient (Wildman–Crippen LogP) is 2.44. The lowest BCUT2D eigenvalue weighted by atomic mass is 9.99. The predicted molar refractivity (Wildman–Crippen MR) is 82.9 cm³/mol. The van der Waals surface area contributed by atoms with Gasteiger partial charge in [0.1, 0.15) is 5.76 Å². The maximum Gasteiger partial charge on any atom is 0.308 e. The highest BCUT2D eigenvalue weighted by Crippen LogP contribution is 2.27. The molecule has 0 aliphatic carbocycles. The van der Waals surface area contributed by atoms with Gasteiger partial charge in [-0.3, -0.25) is 9.59 Å². The molecule has 1 aromatic carbocycles. The van der Waals surface area contributed by atoms with E-state index in [1.165, 1.54) is 0 Å². The van der Waals surface area contributed by atoms with E-state index in [2.05, 4.69) is 4.98 Å². The van der Waals surface area contributed by atoms with Crippen molar-refractivity contribution in [2.75, 3.05) is 13.1 Å². The quantitative estimate of drug-likeness (QED) is 0.940. The number of amides is 1. The largest absolute Gasteiger partial charge is 0.481 e. The Morgan fingerprint density at radius 1 is 1.26 bits per heavy atom. The van der Waals surface area contributed by atoms with Gasteiger partial charge in [0, 0.05) is 18.7 Å². The van der Waals surface area contributed by atoms with Crippen LogP contribution in [0.5, 0.6) is 0 Å². The van der Waals surface area contributed by atoms with Crippen LogP contribution in [-0.2, 0) is 4.79 Å². The number of hydrogen-bond acceptors (Lipinski definition) is 4. The van der Waals surface area contributed by atoms with Crippen molar-refractivity contribution < 1.29 is 19.1 Å². The first-order valence-electron chi connectivity index (χ1n) is 7.52. The third kappa shape index (κ3) is 2.84. The lowest BCUT2D eigenvalue weighted by Crippen LogP contribution is -2.30. The van der Waals surface area contributed by atoms with Crippen molar-refractivity contribution in [1.29, 1.82) is 0 Å². The topological polar surface area (TPSA) is 83.6 Å². The lowest BCUT2D eigenvalue weighted by Gasteiger charge is -2.14. The van der Waals surface area contributed by atoms with Crippen LogP contribution in [0.3, 0.4) is 0 Å². The van der Waals surface area contributed by atoms with E-state index in [1.807, 2.05) is 37.3 Å². The van der Waals surface area contributed by atoms with Gasteiger partial charge in [0.2, 0.25) is 5.89 Å². The van der Waals surface area contributed by atoms with Crippen molar-refractivity contribution in [2.45, 2.75) is 13.8 Å². The van der Waals surface area contributed by atoms with Gasteiger partial charge in [-0.2, -0.15) is 0 Å². The van der Waals surface area contributed by atoms with E-state index in [0.717, 1.165) is 5.56 Å². The van der Waals surface area contributed by atoms with Crippen LogP contribution in [0, 0.1) is 18.8 Å². The molecule has 2 aromatic rings. The lowest BCUT2D eigenvalue weighted by molar-refractivity contribution is -0.142. The molecule has 1 aliphatic rings. The molecule has 3 rings (SSSR count). The van der Waals surface area contributed by atoms with Crippen molar-refractivity contribution in [3.63, 3.8) is 0 Å². The number of likely N-dealkylation sites (tertiary alicyclic amines) is 1. The maximum absolute atomic E-state index is 12.6. The molecule has 0 saturated carbocycles. The van der Waals surface area contributed by atoms with E-state index in [4.69, 9.17) is 4.42 Å². The smallest absolute Gasteiger partial charge is 0.308 e. The molecule has 1 fully saturated rings. The normalized spacial score (nSPS) is 20.7. The number of nitrogens with zero attached hydrogens (tertiary/aromatic N) is 2. The number of aromatic nitrogens is 1. The number of carbonyl (C=O) groups is 2. The Bertz CT molecular complexity index is 738. The molecule has 1 saturated heterocycles. The summed E-state index contributed by atoms with van der Waals surface area (Å²) in [5.41, 5.74) is 1.05. The summed E-state index contributed by atoms with van der Waals surface area (Å²) in [5.74, 6) is -0.899. The summed E-state index contributed by atoms with van der Waals surface area (Å²) >= 11 is 0. The minimum atomic E-state index is -0.866. The number of carboxylic acid groups (broad SMARTS) is 1. The average molecular weight is 314 g/mol. The van der Waals surface area contributed by atoms with Gasteiger partial charge >= 0.3 is 5.97 Å². The number of aliphatic carboxylic acids is 1. The minimum absolute atomic E-state index is 0.0720. The molecule has 120 valence electrons. The summed E-state index contributed by atoms with van der Waals surface area (Å²) < 4.78 is 5.61. The summed E-state index contributed by atoms with van der Waals surface area (Å²) in [7, 11) is 0. The molecule has 1 N–H and O–H groups in total.